The van der Waals surface area contributed by atoms with Crippen molar-refractivity contribution in [3.63, 3.8) is 0 Å². The Morgan fingerprint density at radius 2 is 1.15 bits per heavy atom. The maximum Gasteiger partial charge on any atom is 4.00 e. The zero-order chi connectivity index (χ0) is 20.6. The van der Waals surface area contributed by atoms with Crippen molar-refractivity contribution in [1.82, 2.24) is 0 Å². The van der Waals surface area contributed by atoms with E-state index in [0.717, 1.165) is 44.9 Å². The number of rotatable bonds is 9. The maximum absolute atomic E-state index is 10.2. The Labute approximate surface area is 187 Å². The van der Waals surface area contributed by atoms with Crippen LogP contribution in [-0.4, -0.2) is 18.3 Å². The molecule has 0 aromatic rings. The summed E-state index contributed by atoms with van der Waals surface area (Å²) in [6, 6.07) is 0. The molecule has 3 unspecified atom stereocenters. The predicted molar refractivity (Wildman–Crippen MR) is 108 cm³/mol. The van der Waals surface area contributed by atoms with Gasteiger partial charge in [-0.15, -0.1) is 44.5 Å². The molecule has 1 aliphatic rings. The minimum atomic E-state index is -0.419. The van der Waals surface area contributed by atoms with Crippen LogP contribution in [0.1, 0.15) is 65.7 Å². The van der Waals surface area contributed by atoms with Crippen molar-refractivity contribution in [2.45, 2.75) is 84.0 Å². The van der Waals surface area contributed by atoms with Crippen LogP contribution >= 0.6 is 0 Å². The van der Waals surface area contributed by atoms with Crippen molar-refractivity contribution in [3.8, 4) is 0 Å². The molecule has 3 nitrogen and oxygen atoms in total. The molecule has 0 aromatic heterocycles. The third-order valence-corrected chi connectivity index (χ3v) is 2.92. The molecule has 0 saturated carbocycles. The van der Waals surface area contributed by atoms with Gasteiger partial charge in [-0.3, -0.25) is 6.08 Å². The molecule has 1 aliphatic carbocycles. The van der Waals surface area contributed by atoms with Gasteiger partial charge in [-0.05, 0) is 19.3 Å². The van der Waals surface area contributed by atoms with Gasteiger partial charge in [-0.2, -0.15) is 6.08 Å². The fourth-order valence-corrected chi connectivity index (χ4v) is 1.40. The van der Waals surface area contributed by atoms with E-state index in [9.17, 15) is 15.3 Å². The van der Waals surface area contributed by atoms with Gasteiger partial charge in [0.2, 0.25) is 0 Å². The van der Waals surface area contributed by atoms with Crippen LogP contribution in [0.25, 0.3) is 0 Å². The Bertz CT molecular complexity index is 311. The zero-order valence-corrected chi connectivity index (χ0v) is 21.1. The third-order valence-electron chi connectivity index (χ3n) is 2.92. The molecular weight excluding hydrogens is 503 g/mol. The van der Waals surface area contributed by atoms with Crippen LogP contribution in [0.4, 0.5) is 0 Å². The Hall–Kier alpha value is -0.550. The predicted octanol–water partition coefficient (Wildman–Crippen LogP) is 3.41. The Balaban J connectivity index is -0.000000130. The first kappa shape index (κ1) is 34.0. The standard InChI is InChI=1S/3C6H11O.C5H5.Hf/c3*1-3-4-5-6(2)7;1-2-4-5-3-1;/h3*3,6H,1,4-5H2,2H3;1-3H,4H2;/q4*-1;+4. The largest absolute Gasteiger partial charge is 4.00 e. The Morgan fingerprint density at radius 3 is 1.22 bits per heavy atom. The molecule has 0 radical (unpaired) electrons. The summed E-state index contributed by atoms with van der Waals surface area (Å²) in [6.45, 7) is 15.5. The van der Waals surface area contributed by atoms with Gasteiger partial charge >= 0.3 is 25.8 Å². The van der Waals surface area contributed by atoms with E-state index in [1.165, 1.54) is 0 Å². The van der Waals surface area contributed by atoms with E-state index in [-0.39, 0.29) is 25.8 Å². The Kier molecular flexibility index (Phi) is 38.0. The quantitative estimate of drug-likeness (QED) is 0.256. The minimum absolute atomic E-state index is 0. The fraction of sp³-hybridized carbons (Fsp3) is 0.565. The van der Waals surface area contributed by atoms with E-state index in [4.69, 9.17) is 0 Å². The number of hydrogen-bond donors (Lipinski definition) is 0. The van der Waals surface area contributed by atoms with E-state index >= 15 is 0 Å². The minimum Gasteiger partial charge on any atom is -0.852 e. The molecule has 152 valence electrons. The van der Waals surface area contributed by atoms with Crippen LogP contribution in [0.5, 0.6) is 0 Å². The normalized spacial score (nSPS) is 13.7. The molecule has 0 bridgehead atoms. The van der Waals surface area contributed by atoms with Crippen LogP contribution < -0.4 is 15.3 Å². The molecule has 0 N–H and O–H groups in total. The molecular formula is C23H38HfO3. The fourth-order valence-electron chi connectivity index (χ4n) is 1.40. The molecule has 0 heterocycles. The average molecular weight is 541 g/mol. The van der Waals surface area contributed by atoms with Crippen LogP contribution in [0.3, 0.4) is 0 Å². The smallest absolute Gasteiger partial charge is 0.852 e. The third kappa shape index (κ3) is 51.7. The molecule has 3 atom stereocenters. The first-order valence-corrected chi connectivity index (χ1v) is 9.33. The monoisotopic (exact) mass is 542 g/mol. The average Bonchev–Trinajstić information content (AvgIpc) is 3.17. The second-order valence-corrected chi connectivity index (χ2v) is 6.03. The van der Waals surface area contributed by atoms with Gasteiger partial charge in [0.05, 0.1) is 0 Å². The second-order valence-electron chi connectivity index (χ2n) is 6.03. The van der Waals surface area contributed by atoms with Crippen molar-refractivity contribution in [2.75, 3.05) is 0 Å². The van der Waals surface area contributed by atoms with Crippen molar-refractivity contribution >= 4 is 0 Å². The van der Waals surface area contributed by atoms with Crippen LogP contribution in [-0.2, 0) is 25.8 Å². The van der Waals surface area contributed by atoms with Crippen molar-refractivity contribution in [3.05, 3.63) is 62.3 Å². The van der Waals surface area contributed by atoms with Crippen LogP contribution in [0, 0.1) is 6.08 Å². The van der Waals surface area contributed by atoms with Gasteiger partial charge in [0, 0.05) is 0 Å². The van der Waals surface area contributed by atoms with Gasteiger partial charge in [0.25, 0.3) is 0 Å². The summed E-state index contributed by atoms with van der Waals surface area (Å²) < 4.78 is 0. The molecule has 0 fully saturated rings. The summed E-state index contributed by atoms with van der Waals surface area (Å²) in [5, 5.41) is 30.7. The van der Waals surface area contributed by atoms with E-state index < -0.39 is 18.3 Å². The van der Waals surface area contributed by atoms with E-state index in [1.807, 2.05) is 12.2 Å². The SMILES string of the molecule is C=CCCC(C)[O-].C=CCCC(C)[O-].C=CCCC(C)[O-].[C-]1=CC=CC1.[Hf+4]. The molecule has 0 aliphatic heterocycles. The van der Waals surface area contributed by atoms with Crippen molar-refractivity contribution < 1.29 is 41.2 Å². The van der Waals surface area contributed by atoms with Gasteiger partial charge in [-0.1, -0.05) is 58.3 Å². The first-order valence-electron chi connectivity index (χ1n) is 9.33. The zero-order valence-electron chi connectivity index (χ0n) is 17.5. The molecule has 0 saturated heterocycles. The van der Waals surface area contributed by atoms with E-state index in [2.05, 4.69) is 31.9 Å². The summed E-state index contributed by atoms with van der Waals surface area (Å²) in [5.41, 5.74) is 0. The number of allylic oxidation sites excluding steroid dienone is 7. The Morgan fingerprint density at radius 1 is 0.815 bits per heavy atom. The van der Waals surface area contributed by atoms with E-state index in [1.54, 1.807) is 39.0 Å². The summed E-state index contributed by atoms with van der Waals surface area (Å²) in [5.74, 6) is 0. The molecule has 0 amide bonds. The first-order chi connectivity index (χ1) is 12.3. The van der Waals surface area contributed by atoms with E-state index in [0.29, 0.717) is 0 Å². The van der Waals surface area contributed by atoms with Gasteiger partial charge in [0.1, 0.15) is 0 Å². The molecule has 1 rings (SSSR count). The molecule has 27 heavy (non-hydrogen) atoms. The van der Waals surface area contributed by atoms with Crippen LogP contribution in [0.2, 0.25) is 0 Å². The van der Waals surface area contributed by atoms with Gasteiger partial charge in [0.15, 0.2) is 0 Å². The summed E-state index contributed by atoms with van der Waals surface area (Å²) in [6.07, 6.45) is 18.8. The summed E-state index contributed by atoms with van der Waals surface area (Å²) in [4.78, 5) is 0. The van der Waals surface area contributed by atoms with Gasteiger partial charge in [-0.25, -0.2) is 12.2 Å². The number of hydrogen-bond acceptors (Lipinski definition) is 3. The molecule has 0 spiro atoms. The van der Waals surface area contributed by atoms with Crippen molar-refractivity contribution in [2.24, 2.45) is 0 Å². The van der Waals surface area contributed by atoms with Crippen molar-refractivity contribution in [1.29, 1.82) is 0 Å². The van der Waals surface area contributed by atoms with Crippen LogP contribution in [0.15, 0.2) is 56.2 Å². The topological polar surface area (TPSA) is 69.2 Å². The summed E-state index contributed by atoms with van der Waals surface area (Å²) in [7, 11) is 0. The molecule has 0 aromatic carbocycles. The summed E-state index contributed by atoms with van der Waals surface area (Å²) >= 11 is 0. The van der Waals surface area contributed by atoms with Gasteiger partial charge < -0.3 is 15.3 Å². The maximum atomic E-state index is 10.2. The second kappa shape index (κ2) is 30.2. The molecule has 4 heteroatoms.